The first-order valence-electron chi connectivity index (χ1n) is 6.16. The Bertz CT molecular complexity index is 951. The molecule has 0 radical (unpaired) electrons. The Kier molecular flexibility index (Phi) is 1.46. The van der Waals surface area contributed by atoms with Gasteiger partial charge in [0, 0.05) is 11.6 Å². The lowest BCUT2D eigenvalue weighted by Gasteiger charge is -1.90. The van der Waals surface area contributed by atoms with Gasteiger partial charge in [-0.3, -0.25) is 0 Å². The van der Waals surface area contributed by atoms with Gasteiger partial charge in [-0.2, -0.15) is 9.55 Å². The maximum absolute atomic E-state index is 5.91. The molecule has 90 valence electrons. The summed E-state index contributed by atoms with van der Waals surface area (Å²) < 4.78 is 9.87. The van der Waals surface area contributed by atoms with Crippen LogP contribution >= 0.6 is 0 Å². The van der Waals surface area contributed by atoms with Crippen molar-refractivity contribution >= 4 is 17.0 Å². The molecule has 0 N–H and O–H groups in total. The van der Waals surface area contributed by atoms with E-state index in [1.165, 1.54) is 5.56 Å². The zero-order valence-corrected chi connectivity index (χ0v) is 9.95. The summed E-state index contributed by atoms with van der Waals surface area (Å²) in [6.07, 6.45) is 1.76. The van der Waals surface area contributed by atoms with Crippen molar-refractivity contribution in [1.82, 2.24) is 14.6 Å². The van der Waals surface area contributed by atoms with Crippen LogP contribution in [0.5, 0.6) is 0 Å². The van der Waals surface area contributed by atoms with Gasteiger partial charge in [-0.1, -0.05) is 27.8 Å². The number of aromatic nitrogens is 4. The zero-order chi connectivity index (χ0) is 12.4. The Morgan fingerprint density at radius 3 is 3.11 bits per heavy atom. The van der Waals surface area contributed by atoms with Crippen LogP contribution in [-0.4, -0.2) is 14.6 Å². The summed E-state index contributed by atoms with van der Waals surface area (Å²) in [5.41, 5.74) is 4.78. The van der Waals surface area contributed by atoms with Crippen LogP contribution in [0.4, 0.5) is 0 Å². The molecule has 0 unspecified atom stereocenters. The minimum Gasteiger partial charge on any atom is -0.395 e. The summed E-state index contributed by atoms with van der Waals surface area (Å²) in [6.45, 7) is 0.808. The number of benzene rings is 1. The molecule has 0 spiro atoms. The van der Waals surface area contributed by atoms with Crippen LogP contribution in [0, 0.1) is 0 Å². The second-order valence-corrected chi connectivity index (χ2v) is 4.68. The van der Waals surface area contributed by atoms with E-state index in [0.717, 1.165) is 29.3 Å². The molecule has 0 amide bonds. The van der Waals surface area contributed by atoms with Crippen molar-refractivity contribution in [2.24, 2.45) is 0 Å². The van der Waals surface area contributed by atoms with E-state index in [4.69, 9.17) is 4.42 Å². The van der Waals surface area contributed by atoms with Gasteiger partial charge in [-0.25, -0.2) is 0 Å². The first kappa shape index (κ1) is 9.27. The van der Waals surface area contributed by atoms with Crippen LogP contribution in [0.1, 0.15) is 5.56 Å². The Balaban J connectivity index is 1.94. The molecule has 19 heavy (non-hydrogen) atoms. The third-order valence-corrected chi connectivity index (χ3v) is 3.61. The van der Waals surface area contributed by atoms with E-state index in [1.54, 1.807) is 6.20 Å². The molecule has 0 saturated heterocycles. The molecular formula is C14H9N4O+. The maximum Gasteiger partial charge on any atom is 0.376 e. The molecule has 0 aliphatic carbocycles. The van der Waals surface area contributed by atoms with Crippen LogP contribution in [0.3, 0.4) is 0 Å². The summed E-state index contributed by atoms with van der Waals surface area (Å²) in [5, 5.41) is 4.36. The van der Waals surface area contributed by atoms with E-state index in [2.05, 4.69) is 32.8 Å². The van der Waals surface area contributed by atoms with Crippen molar-refractivity contribution in [3.8, 4) is 11.5 Å². The second kappa shape index (κ2) is 3.00. The van der Waals surface area contributed by atoms with Crippen LogP contribution in [0.15, 0.2) is 47.0 Å². The highest BCUT2D eigenvalue weighted by Gasteiger charge is 2.33. The average Bonchev–Trinajstić information content (AvgIpc) is 3.05. The number of oxazole rings is 1. The molecule has 0 atom stereocenters. The van der Waals surface area contributed by atoms with Crippen molar-refractivity contribution in [2.45, 2.75) is 6.54 Å². The highest BCUT2D eigenvalue weighted by Crippen LogP contribution is 2.30. The quantitative estimate of drug-likeness (QED) is 0.393. The van der Waals surface area contributed by atoms with Crippen LogP contribution in [0.2, 0.25) is 0 Å². The van der Waals surface area contributed by atoms with E-state index in [1.807, 2.05) is 22.7 Å². The smallest absolute Gasteiger partial charge is 0.376 e. The summed E-state index contributed by atoms with van der Waals surface area (Å²) in [6, 6.07) is 12.1. The first-order chi connectivity index (χ1) is 9.42. The first-order valence-corrected chi connectivity index (χ1v) is 6.16. The Labute approximate surface area is 107 Å². The number of fused-ring (bicyclic) bond motifs is 7. The molecule has 0 bridgehead atoms. The summed E-state index contributed by atoms with van der Waals surface area (Å²) in [5.74, 6) is 0.869. The third kappa shape index (κ3) is 1.03. The predicted molar refractivity (Wildman–Crippen MR) is 67.5 cm³/mol. The molecule has 4 aromatic rings. The van der Waals surface area contributed by atoms with Gasteiger partial charge < -0.3 is 4.42 Å². The minimum atomic E-state index is 0.642. The van der Waals surface area contributed by atoms with Crippen molar-refractivity contribution in [1.29, 1.82) is 0 Å². The minimum absolute atomic E-state index is 0.642. The van der Waals surface area contributed by atoms with Gasteiger partial charge in [0.05, 0.1) is 11.8 Å². The molecule has 5 nitrogen and oxygen atoms in total. The fourth-order valence-corrected chi connectivity index (χ4v) is 2.78. The summed E-state index contributed by atoms with van der Waals surface area (Å²) >= 11 is 0. The van der Waals surface area contributed by atoms with E-state index >= 15 is 0 Å². The molecule has 5 rings (SSSR count). The Hall–Kier alpha value is -2.69. The zero-order valence-electron chi connectivity index (χ0n) is 9.95. The summed E-state index contributed by atoms with van der Waals surface area (Å²) in [4.78, 5) is 4.46. The van der Waals surface area contributed by atoms with E-state index in [0.29, 0.717) is 5.71 Å². The van der Waals surface area contributed by atoms with E-state index < -0.39 is 0 Å². The molecule has 1 aliphatic heterocycles. The van der Waals surface area contributed by atoms with Crippen molar-refractivity contribution < 1.29 is 8.98 Å². The Morgan fingerprint density at radius 2 is 2.11 bits per heavy atom. The third-order valence-electron chi connectivity index (χ3n) is 3.61. The Morgan fingerprint density at radius 1 is 1.16 bits per heavy atom. The fourth-order valence-electron chi connectivity index (χ4n) is 2.78. The highest BCUT2D eigenvalue weighted by atomic mass is 16.4. The molecule has 0 saturated carbocycles. The van der Waals surface area contributed by atoms with Gasteiger partial charge in [0.1, 0.15) is 6.54 Å². The maximum atomic E-state index is 5.91. The van der Waals surface area contributed by atoms with Gasteiger partial charge in [0.2, 0.25) is 0 Å². The van der Waals surface area contributed by atoms with Gasteiger partial charge in [-0.05, 0) is 12.1 Å². The lowest BCUT2D eigenvalue weighted by atomic mass is 10.1. The van der Waals surface area contributed by atoms with Crippen molar-refractivity contribution in [3.05, 3.63) is 48.2 Å². The topological polar surface area (TPSA) is 47.2 Å². The van der Waals surface area contributed by atoms with Crippen LogP contribution < -0.4 is 4.57 Å². The van der Waals surface area contributed by atoms with Crippen molar-refractivity contribution in [2.75, 3.05) is 0 Å². The normalized spacial score (nSPS) is 13.1. The predicted octanol–water partition coefficient (Wildman–Crippen LogP) is 1.79. The number of hydrogen-bond donors (Lipinski definition) is 0. The van der Waals surface area contributed by atoms with Crippen LogP contribution in [0.25, 0.3) is 28.5 Å². The van der Waals surface area contributed by atoms with Gasteiger partial charge in [0.25, 0.3) is 11.5 Å². The summed E-state index contributed by atoms with van der Waals surface area (Å²) in [7, 11) is 0. The average molecular weight is 249 g/mol. The van der Waals surface area contributed by atoms with Crippen molar-refractivity contribution in [3.63, 3.8) is 0 Å². The molecular weight excluding hydrogens is 240 g/mol. The van der Waals surface area contributed by atoms with Gasteiger partial charge in [-0.15, -0.1) is 0 Å². The number of hydrogen-bond acceptors (Lipinski definition) is 3. The number of nitrogens with zero attached hydrogens (tertiary/aromatic N) is 4. The van der Waals surface area contributed by atoms with E-state index in [-0.39, 0.29) is 0 Å². The largest absolute Gasteiger partial charge is 0.395 e. The van der Waals surface area contributed by atoms with Gasteiger partial charge >= 0.3 is 11.4 Å². The molecule has 1 aliphatic rings. The van der Waals surface area contributed by atoms with Gasteiger partial charge in [0.15, 0.2) is 0 Å². The SMILES string of the molecule is c1ccc2c(c1)C[n+]1c-2oc2nc3cccnn3c21. The highest BCUT2D eigenvalue weighted by molar-refractivity contribution is 5.71. The number of imidazole rings is 1. The molecule has 3 aromatic heterocycles. The molecule has 0 fully saturated rings. The molecule has 4 heterocycles. The standard InChI is InChI=1S/C14H9N4O/c1-2-5-10-9(4-1)8-17-13-12(19-14(10)17)16-11-6-3-7-15-18(11)13/h1-7H,8H2/q+1. The van der Waals surface area contributed by atoms with E-state index in [9.17, 15) is 0 Å². The monoisotopic (exact) mass is 249 g/mol. The second-order valence-electron chi connectivity index (χ2n) is 4.68. The lowest BCUT2D eigenvalue weighted by molar-refractivity contribution is -0.651. The van der Waals surface area contributed by atoms with Crippen LogP contribution in [-0.2, 0) is 6.54 Å². The lowest BCUT2D eigenvalue weighted by Crippen LogP contribution is -2.32. The number of rotatable bonds is 0. The molecule has 1 aromatic carbocycles. The fraction of sp³-hybridized carbons (Fsp3) is 0.0714. The molecule has 5 heteroatoms.